The number of hydrogen-bond acceptors (Lipinski definition) is 4. The Morgan fingerprint density at radius 1 is 1.35 bits per heavy atom. The van der Waals surface area contributed by atoms with Gasteiger partial charge in [0.05, 0.1) is 15.7 Å². The lowest BCUT2D eigenvalue weighted by molar-refractivity contribution is -0.136. The van der Waals surface area contributed by atoms with Gasteiger partial charge in [-0.15, -0.1) is 15.0 Å². The lowest BCUT2D eigenvalue weighted by atomic mass is 10.3. The normalized spacial score (nSPS) is 10.5. The smallest absolute Gasteiger partial charge is 0.311 e. The molecule has 0 radical (unpaired) electrons. The highest BCUT2D eigenvalue weighted by Gasteiger charge is 2.09. The van der Waals surface area contributed by atoms with Gasteiger partial charge < -0.3 is 5.11 Å². The first kappa shape index (κ1) is 11.8. The van der Waals surface area contributed by atoms with Crippen molar-refractivity contribution in [3.63, 3.8) is 0 Å². The second-order valence-corrected chi connectivity index (χ2v) is 3.98. The number of aromatic nitrogens is 4. The Morgan fingerprint density at radius 3 is 2.76 bits per heavy atom. The molecule has 2 rings (SSSR count). The third-order valence-electron chi connectivity index (χ3n) is 1.90. The summed E-state index contributed by atoms with van der Waals surface area (Å²) in [6.45, 7) is 0. The van der Waals surface area contributed by atoms with E-state index >= 15 is 0 Å². The molecule has 0 aliphatic rings. The minimum Gasteiger partial charge on any atom is -0.481 e. The summed E-state index contributed by atoms with van der Waals surface area (Å²) in [5, 5.41) is 20.6. The molecule has 0 bridgehead atoms. The van der Waals surface area contributed by atoms with Crippen molar-refractivity contribution in [2.45, 2.75) is 6.42 Å². The van der Waals surface area contributed by atoms with Crippen molar-refractivity contribution in [3.05, 3.63) is 34.1 Å². The van der Waals surface area contributed by atoms with Gasteiger partial charge in [-0.05, 0) is 23.4 Å². The molecule has 1 aromatic heterocycles. The number of tetrazole rings is 1. The molecule has 0 saturated heterocycles. The van der Waals surface area contributed by atoms with Crippen LogP contribution in [0.15, 0.2) is 18.2 Å². The quantitative estimate of drug-likeness (QED) is 0.918. The molecule has 1 N–H and O–H groups in total. The van der Waals surface area contributed by atoms with E-state index < -0.39 is 5.97 Å². The predicted octanol–water partition coefficient (Wildman–Crippen LogP) is 1.60. The van der Waals surface area contributed by atoms with E-state index in [2.05, 4.69) is 15.4 Å². The van der Waals surface area contributed by atoms with Crippen LogP contribution in [0.2, 0.25) is 10.0 Å². The molecule has 0 unspecified atom stereocenters. The number of carboxylic acid groups (broad SMARTS) is 1. The monoisotopic (exact) mass is 272 g/mol. The number of carboxylic acids is 1. The second-order valence-electron chi connectivity index (χ2n) is 3.16. The van der Waals surface area contributed by atoms with Gasteiger partial charge in [0.1, 0.15) is 6.42 Å². The highest BCUT2D eigenvalue weighted by Crippen LogP contribution is 2.23. The molecule has 2 aromatic rings. The Bertz CT molecular complexity index is 570. The van der Waals surface area contributed by atoms with E-state index in [4.69, 9.17) is 28.3 Å². The number of carbonyl (C=O) groups is 1. The topological polar surface area (TPSA) is 80.9 Å². The fourth-order valence-electron chi connectivity index (χ4n) is 1.17. The number of benzene rings is 1. The minimum atomic E-state index is -1.02. The molecule has 1 aromatic carbocycles. The molecule has 0 aliphatic carbocycles. The molecule has 0 atom stereocenters. The lowest BCUT2D eigenvalue weighted by Gasteiger charge is -1.99. The van der Waals surface area contributed by atoms with E-state index in [1.165, 1.54) is 4.80 Å². The Morgan fingerprint density at radius 2 is 2.12 bits per heavy atom. The van der Waals surface area contributed by atoms with Gasteiger partial charge in [0, 0.05) is 0 Å². The summed E-state index contributed by atoms with van der Waals surface area (Å²) >= 11 is 11.6. The van der Waals surface area contributed by atoms with Gasteiger partial charge in [-0.3, -0.25) is 4.79 Å². The molecule has 0 spiro atoms. The Balaban J connectivity index is 2.30. The summed E-state index contributed by atoms with van der Waals surface area (Å²) in [7, 11) is 0. The van der Waals surface area contributed by atoms with Crippen molar-refractivity contribution < 1.29 is 9.90 Å². The standard InChI is InChI=1S/C9H6Cl2N4O2/c10-6-2-1-5(3-7(6)11)15-13-8(12-14-15)4-9(16)17/h1-3H,4H2,(H,16,17). The molecular weight excluding hydrogens is 267 g/mol. The molecule has 0 saturated carbocycles. The summed E-state index contributed by atoms with van der Waals surface area (Å²) < 4.78 is 0. The fourth-order valence-corrected chi connectivity index (χ4v) is 1.46. The van der Waals surface area contributed by atoms with Crippen molar-refractivity contribution >= 4 is 29.2 Å². The van der Waals surface area contributed by atoms with E-state index in [1.807, 2.05) is 0 Å². The van der Waals surface area contributed by atoms with Crippen molar-refractivity contribution in [3.8, 4) is 5.69 Å². The third kappa shape index (κ3) is 2.72. The van der Waals surface area contributed by atoms with Gasteiger partial charge in [0.15, 0.2) is 5.82 Å². The van der Waals surface area contributed by atoms with Gasteiger partial charge in [-0.1, -0.05) is 23.2 Å². The Hall–Kier alpha value is -1.66. The molecular formula is C9H6Cl2N4O2. The number of aliphatic carboxylic acids is 1. The Labute approximate surface area is 106 Å². The van der Waals surface area contributed by atoms with Crippen molar-refractivity contribution in [1.82, 2.24) is 20.2 Å². The average Bonchev–Trinajstić information content (AvgIpc) is 2.69. The molecule has 0 amide bonds. The fraction of sp³-hybridized carbons (Fsp3) is 0.111. The molecule has 0 fully saturated rings. The largest absolute Gasteiger partial charge is 0.481 e. The first-order valence-electron chi connectivity index (χ1n) is 4.52. The van der Waals surface area contributed by atoms with Crippen molar-refractivity contribution in [1.29, 1.82) is 0 Å². The SMILES string of the molecule is O=C(O)Cc1nnn(-c2ccc(Cl)c(Cl)c2)n1. The zero-order chi connectivity index (χ0) is 12.4. The van der Waals surface area contributed by atoms with Crippen molar-refractivity contribution in [2.24, 2.45) is 0 Å². The van der Waals surface area contributed by atoms with Gasteiger partial charge in [-0.2, -0.15) is 0 Å². The van der Waals surface area contributed by atoms with E-state index in [0.29, 0.717) is 15.7 Å². The van der Waals surface area contributed by atoms with Gasteiger partial charge in [0.25, 0.3) is 0 Å². The van der Waals surface area contributed by atoms with Crippen molar-refractivity contribution in [2.75, 3.05) is 0 Å². The summed E-state index contributed by atoms with van der Waals surface area (Å²) in [5.41, 5.74) is 0.559. The van der Waals surface area contributed by atoms with Gasteiger partial charge >= 0.3 is 5.97 Å². The van der Waals surface area contributed by atoms with Crippen LogP contribution in [0, 0.1) is 0 Å². The van der Waals surface area contributed by atoms with Crippen LogP contribution in [0.25, 0.3) is 5.69 Å². The molecule has 6 nitrogen and oxygen atoms in total. The van der Waals surface area contributed by atoms with Crippen LogP contribution in [0.5, 0.6) is 0 Å². The lowest BCUT2D eigenvalue weighted by Crippen LogP contribution is -2.03. The van der Waals surface area contributed by atoms with Crippen LogP contribution in [0.1, 0.15) is 5.82 Å². The van der Waals surface area contributed by atoms with E-state index in [0.717, 1.165) is 0 Å². The van der Waals surface area contributed by atoms with Gasteiger partial charge in [-0.25, -0.2) is 0 Å². The third-order valence-corrected chi connectivity index (χ3v) is 2.64. The Kier molecular flexibility index (Phi) is 3.26. The second kappa shape index (κ2) is 4.68. The summed E-state index contributed by atoms with van der Waals surface area (Å²) in [6, 6.07) is 4.82. The molecule has 1 heterocycles. The summed E-state index contributed by atoms with van der Waals surface area (Å²) in [6.07, 6.45) is -0.276. The van der Waals surface area contributed by atoms with Gasteiger partial charge in [0.2, 0.25) is 0 Å². The molecule has 17 heavy (non-hydrogen) atoms. The van der Waals surface area contributed by atoms with E-state index in [1.54, 1.807) is 18.2 Å². The van der Waals surface area contributed by atoms with Crippen LogP contribution in [-0.4, -0.2) is 31.3 Å². The number of nitrogens with zero attached hydrogens (tertiary/aromatic N) is 4. The average molecular weight is 273 g/mol. The van der Waals surface area contributed by atoms with Crippen LogP contribution in [0.4, 0.5) is 0 Å². The summed E-state index contributed by atoms with van der Waals surface area (Å²) in [5.74, 6) is -0.887. The van der Waals surface area contributed by atoms with Crippen LogP contribution in [-0.2, 0) is 11.2 Å². The zero-order valence-electron chi connectivity index (χ0n) is 8.34. The molecule has 0 aliphatic heterocycles. The van der Waals surface area contributed by atoms with Crippen LogP contribution in [0.3, 0.4) is 0 Å². The van der Waals surface area contributed by atoms with Crippen LogP contribution < -0.4 is 0 Å². The predicted molar refractivity (Wildman–Crippen MR) is 60.5 cm³/mol. The van der Waals surface area contributed by atoms with E-state index in [-0.39, 0.29) is 12.2 Å². The minimum absolute atomic E-state index is 0.128. The summed E-state index contributed by atoms with van der Waals surface area (Å²) in [4.78, 5) is 11.7. The number of rotatable bonds is 3. The maximum Gasteiger partial charge on any atom is 0.311 e. The maximum absolute atomic E-state index is 10.5. The molecule has 8 heteroatoms. The number of hydrogen-bond donors (Lipinski definition) is 1. The number of halogens is 2. The zero-order valence-corrected chi connectivity index (χ0v) is 9.85. The molecule has 88 valence electrons. The van der Waals surface area contributed by atoms with Crippen LogP contribution >= 0.6 is 23.2 Å². The first-order chi connectivity index (χ1) is 8.06. The highest BCUT2D eigenvalue weighted by atomic mass is 35.5. The first-order valence-corrected chi connectivity index (χ1v) is 5.28. The van der Waals surface area contributed by atoms with E-state index in [9.17, 15) is 4.79 Å². The highest BCUT2D eigenvalue weighted by molar-refractivity contribution is 6.42. The maximum atomic E-state index is 10.5.